The van der Waals surface area contributed by atoms with Crippen LogP contribution in [0.1, 0.15) is 5.56 Å². The Morgan fingerprint density at radius 3 is 2.72 bits per heavy atom. The summed E-state index contributed by atoms with van der Waals surface area (Å²) in [6.45, 7) is 0.746. The lowest BCUT2D eigenvalue weighted by Crippen LogP contribution is -2.06. The van der Waals surface area contributed by atoms with Crippen molar-refractivity contribution in [3.8, 4) is 11.5 Å². The zero-order valence-electron chi connectivity index (χ0n) is 9.78. The second kappa shape index (κ2) is 6.31. The van der Waals surface area contributed by atoms with Crippen LogP contribution in [0.5, 0.6) is 11.5 Å². The first-order valence-electron chi connectivity index (χ1n) is 5.40. The van der Waals surface area contributed by atoms with Gasteiger partial charge in [0.05, 0.1) is 6.20 Å². The summed E-state index contributed by atoms with van der Waals surface area (Å²) in [5.41, 5.74) is 1.09. The van der Waals surface area contributed by atoms with Crippen LogP contribution in [0.15, 0.2) is 45.6 Å². The highest BCUT2D eigenvalue weighted by molar-refractivity contribution is 9.10. The fourth-order valence-electron chi connectivity index (χ4n) is 1.55. The minimum Gasteiger partial charge on any atom is -0.455 e. The van der Waals surface area contributed by atoms with Gasteiger partial charge in [0.2, 0.25) is 0 Å². The van der Waals surface area contributed by atoms with E-state index in [9.17, 15) is 0 Å². The number of ether oxygens (including phenoxy) is 1. The van der Waals surface area contributed by atoms with Gasteiger partial charge in [0.25, 0.3) is 0 Å². The standard InChI is InChI=1S/C13H12Br2N2O/c1-16-6-9-4-10(14)2-3-13(9)18-12-5-11(15)7-17-8-12/h2-5,7-8,16H,6H2,1H3. The molecule has 0 aliphatic heterocycles. The minimum absolute atomic E-state index is 0.712. The minimum atomic E-state index is 0.712. The fourth-order valence-corrected chi connectivity index (χ4v) is 2.30. The van der Waals surface area contributed by atoms with Crippen molar-refractivity contribution >= 4 is 31.9 Å². The lowest BCUT2D eigenvalue weighted by atomic mass is 10.2. The Kier molecular flexibility index (Phi) is 4.74. The molecule has 94 valence electrons. The van der Waals surface area contributed by atoms with Gasteiger partial charge in [-0.2, -0.15) is 0 Å². The van der Waals surface area contributed by atoms with Crippen LogP contribution in [0.3, 0.4) is 0 Å². The van der Waals surface area contributed by atoms with Gasteiger partial charge in [0.1, 0.15) is 11.5 Å². The summed E-state index contributed by atoms with van der Waals surface area (Å²) in [6.07, 6.45) is 3.42. The number of hydrogen-bond donors (Lipinski definition) is 1. The Hall–Kier alpha value is -0.910. The molecule has 0 atom stereocenters. The number of nitrogens with one attached hydrogen (secondary N) is 1. The quantitative estimate of drug-likeness (QED) is 0.877. The summed E-state index contributed by atoms with van der Waals surface area (Å²) in [4.78, 5) is 4.08. The zero-order valence-corrected chi connectivity index (χ0v) is 13.0. The summed E-state index contributed by atoms with van der Waals surface area (Å²) in [7, 11) is 1.91. The molecule has 1 N–H and O–H groups in total. The molecule has 1 aromatic heterocycles. The van der Waals surface area contributed by atoms with Crippen LogP contribution in [0.4, 0.5) is 0 Å². The van der Waals surface area contributed by atoms with E-state index in [1.807, 2.05) is 31.3 Å². The van der Waals surface area contributed by atoms with Crippen LogP contribution in [0.25, 0.3) is 0 Å². The van der Waals surface area contributed by atoms with Gasteiger partial charge < -0.3 is 10.1 Å². The molecule has 0 aliphatic rings. The molecule has 0 radical (unpaired) electrons. The Balaban J connectivity index is 2.28. The van der Waals surface area contributed by atoms with E-state index in [-0.39, 0.29) is 0 Å². The lowest BCUT2D eigenvalue weighted by Gasteiger charge is -2.11. The highest BCUT2D eigenvalue weighted by Crippen LogP contribution is 2.28. The monoisotopic (exact) mass is 370 g/mol. The maximum absolute atomic E-state index is 5.84. The number of benzene rings is 1. The Bertz CT molecular complexity index is 546. The van der Waals surface area contributed by atoms with Crippen LogP contribution in [-0.4, -0.2) is 12.0 Å². The third-order valence-electron chi connectivity index (χ3n) is 2.30. The van der Waals surface area contributed by atoms with Crippen molar-refractivity contribution < 1.29 is 4.74 Å². The van der Waals surface area contributed by atoms with Crippen molar-refractivity contribution in [1.29, 1.82) is 0 Å². The van der Waals surface area contributed by atoms with Crippen LogP contribution >= 0.6 is 31.9 Å². The van der Waals surface area contributed by atoms with E-state index in [0.717, 1.165) is 26.8 Å². The van der Waals surface area contributed by atoms with Crippen molar-refractivity contribution in [2.75, 3.05) is 7.05 Å². The van der Waals surface area contributed by atoms with E-state index in [4.69, 9.17) is 4.74 Å². The molecule has 2 aromatic rings. The van der Waals surface area contributed by atoms with Crippen molar-refractivity contribution in [1.82, 2.24) is 10.3 Å². The third kappa shape index (κ3) is 3.54. The van der Waals surface area contributed by atoms with Crippen molar-refractivity contribution in [3.05, 3.63) is 51.2 Å². The summed E-state index contributed by atoms with van der Waals surface area (Å²) >= 11 is 6.83. The largest absolute Gasteiger partial charge is 0.455 e. The number of nitrogens with zero attached hydrogens (tertiary/aromatic N) is 1. The fraction of sp³-hybridized carbons (Fsp3) is 0.154. The van der Waals surface area contributed by atoms with Gasteiger partial charge in [-0.15, -0.1) is 0 Å². The molecule has 0 saturated carbocycles. The molecule has 0 amide bonds. The molecular weight excluding hydrogens is 360 g/mol. The average molecular weight is 372 g/mol. The first kappa shape index (κ1) is 13.5. The number of rotatable bonds is 4. The number of hydrogen-bond acceptors (Lipinski definition) is 3. The van der Waals surface area contributed by atoms with E-state index in [2.05, 4.69) is 42.2 Å². The first-order valence-corrected chi connectivity index (χ1v) is 6.99. The average Bonchev–Trinajstić information content (AvgIpc) is 2.33. The first-order chi connectivity index (χ1) is 8.69. The van der Waals surface area contributed by atoms with Gasteiger partial charge in [0.15, 0.2) is 0 Å². The van der Waals surface area contributed by atoms with Gasteiger partial charge in [0, 0.05) is 27.3 Å². The number of aromatic nitrogens is 1. The highest BCUT2D eigenvalue weighted by Gasteiger charge is 2.06. The molecule has 0 aliphatic carbocycles. The molecule has 18 heavy (non-hydrogen) atoms. The molecule has 3 nitrogen and oxygen atoms in total. The highest BCUT2D eigenvalue weighted by atomic mass is 79.9. The Morgan fingerprint density at radius 1 is 1.17 bits per heavy atom. The molecular formula is C13H12Br2N2O. The molecule has 0 spiro atoms. The SMILES string of the molecule is CNCc1cc(Br)ccc1Oc1cncc(Br)c1. The Labute approximate surface area is 123 Å². The van der Waals surface area contributed by atoms with Crippen molar-refractivity contribution in [3.63, 3.8) is 0 Å². The maximum Gasteiger partial charge on any atom is 0.146 e. The number of pyridine rings is 1. The van der Waals surface area contributed by atoms with Gasteiger partial charge in [-0.1, -0.05) is 15.9 Å². The summed E-state index contributed by atoms with van der Waals surface area (Å²) in [5.74, 6) is 1.54. The smallest absolute Gasteiger partial charge is 0.146 e. The normalized spacial score (nSPS) is 10.4. The van der Waals surface area contributed by atoms with Gasteiger partial charge >= 0.3 is 0 Å². The Morgan fingerprint density at radius 2 is 2.00 bits per heavy atom. The molecule has 1 aromatic carbocycles. The molecule has 1 heterocycles. The molecule has 0 saturated heterocycles. The molecule has 0 unspecified atom stereocenters. The van der Waals surface area contributed by atoms with E-state index < -0.39 is 0 Å². The maximum atomic E-state index is 5.84. The third-order valence-corrected chi connectivity index (χ3v) is 3.22. The molecule has 2 rings (SSSR count). The van der Waals surface area contributed by atoms with Crippen LogP contribution in [0, 0.1) is 0 Å². The van der Waals surface area contributed by atoms with E-state index in [0.29, 0.717) is 5.75 Å². The summed E-state index contributed by atoms with van der Waals surface area (Å²) in [6, 6.07) is 7.83. The van der Waals surface area contributed by atoms with E-state index >= 15 is 0 Å². The van der Waals surface area contributed by atoms with E-state index in [1.54, 1.807) is 12.4 Å². The predicted molar refractivity (Wildman–Crippen MR) is 78.9 cm³/mol. The zero-order chi connectivity index (χ0) is 13.0. The topological polar surface area (TPSA) is 34.1 Å². The summed E-state index contributed by atoms with van der Waals surface area (Å²) in [5, 5.41) is 3.12. The van der Waals surface area contributed by atoms with Crippen molar-refractivity contribution in [2.24, 2.45) is 0 Å². The lowest BCUT2D eigenvalue weighted by molar-refractivity contribution is 0.471. The molecule has 0 bridgehead atoms. The van der Waals surface area contributed by atoms with Crippen molar-refractivity contribution in [2.45, 2.75) is 6.54 Å². The van der Waals surface area contributed by atoms with Gasteiger partial charge in [-0.05, 0) is 47.2 Å². The van der Waals surface area contributed by atoms with Crippen LogP contribution in [0.2, 0.25) is 0 Å². The molecule has 5 heteroatoms. The predicted octanol–water partition coefficient (Wildman–Crippen LogP) is 4.12. The number of halogens is 2. The van der Waals surface area contributed by atoms with Gasteiger partial charge in [-0.25, -0.2) is 0 Å². The summed E-state index contributed by atoms with van der Waals surface area (Å²) < 4.78 is 7.77. The second-order valence-electron chi connectivity index (χ2n) is 3.72. The van der Waals surface area contributed by atoms with E-state index in [1.165, 1.54) is 0 Å². The molecule has 0 fully saturated rings. The van der Waals surface area contributed by atoms with Crippen LogP contribution in [-0.2, 0) is 6.54 Å². The second-order valence-corrected chi connectivity index (χ2v) is 5.55. The van der Waals surface area contributed by atoms with Crippen LogP contribution < -0.4 is 10.1 Å². The van der Waals surface area contributed by atoms with Gasteiger partial charge in [-0.3, -0.25) is 4.98 Å².